The van der Waals surface area contributed by atoms with Gasteiger partial charge in [-0.3, -0.25) is 9.59 Å². The number of hydrogen-bond donors (Lipinski definition) is 2. The second-order valence-electron chi connectivity index (χ2n) is 7.96. The molecule has 5 nitrogen and oxygen atoms in total. The summed E-state index contributed by atoms with van der Waals surface area (Å²) in [6.45, 7) is 2.64. The van der Waals surface area contributed by atoms with E-state index in [4.69, 9.17) is 5.73 Å². The summed E-state index contributed by atoms with van der Waals surface area (Å²) in [4.78, 5) is 26.1. The minimum atomic E-state index is 0. The fourth-order valence-corrected chi connectivity index (χ4v) is 4.29. The van der Waals surface area contributed by atoms with E-state index in [0.29, 0.717) is 32.5 Å². The summed E-state index contributed by atoms with van der Waals surface area (Å²) in [6, 6.07) is 8.16. The van der Waals surface area contributed by atoms with Crippen LogP contribution in [0.5, 0.6) is 0 Å². The SMILES string of the molecule is Cl.NCC1(CC(=O)NCc2cccc(CN3CCCC3=O)c2)CCCCC1. The van der Waals surface area contributed by atoms with Crippen LogP contribution in [0.3, 0.4) is 0 Å². The summed E-state index contributed by atoms with van der Waals surface area (Å²) in [5.41, 5.74) is 8.19. The maximum Gasteiger partial charge on any atom is 0.222 e. The Kier molecular flexibility index (Phi) is 8.11. The monoisotopic (exact) mass is 393 g/mol. The molecule has 0 spiro atoms. The first kappa shape index (κ1) is 21.7. The van der Waals surface area contributed by atoms with Gasteiger partial charge in [-0.15, -0.1) is 12.4 Å². The molecule has 0 atom stereocenters. The number of likely N-dealkylation sites (tertiary alicyclic amines) is 1. The Bertz CT molecular complexity index is 644. The molecule has 27 heavy (non-hydrogen) atoms. The summed E-state index contributed by atoms with van der Waals surface area (Å²) in [7, 11) is 0. The number of hydrogen-bond acceptors (Lipinski definition) is 3. The van der Waals surface area contributed by atoms with E-state index < -0.39 is 0 Å². The van der Waals surface area contributed by atoms with Crippen LogP contribution in [0.4, 0.5) is 0 Å². The van der Waals surface area contributed by atoms with E-state index in [2.05, 4.69) is 11.4 Å². The quantitative estimate of drug-likeness (QED) is 0.747. The average Bonchev–Trinajstić information content (AvgIpc) is 3.06. The molecule has 2 aliphatic rings. The number of carbonyl (C=O) groups excluding carboxylic acids is 2. The first-order valence-corrected chi connectivity index (χ1v) is 9.93. The predicted molar refractivity (Wildman–Crippen MR) is 109 cm³/mol. The van der Waals surface area contributed by atoms with Crippen LogP contribution < -0.4 is 11.1 Å². The van der Waals surface area contributed by atoms with Crippen molar-refractivity contribution in [1.29, 1.82) is 0 Å². The Morgan fingerprint density at radius 1 is 1.15 bits per heavy atom. The van der Waals surface area contributed by atoms with Gasteiger partial charge in [-0.25, -0.2) is 0 Å². The zero-order valence-corrected chi connectivity index (χ0v) is 16.9. The Morgan fingerprint density at radius 3 is 2.56 bits per heavy atom. The Labute approximate surface area is 168 Å². The van der Waals surface area contributed by atoms with Gasteiger partial charge in [0.15, 0.2) is 0 Å². The highest BCUT2D eigenvalue weighted by atomic mass is 35.5. The smallest absolute Gasteiger partial charge is 0.222 e. The van der Waals surface area contributed by atoms with Crippen LogP contribution in [-0.2, 0) is 22.7 Å². The third-order valence-corrected chi connectivity index (χ3v) is 5.91. The molecule has 150 valence electrons. The van der Waals surface area contributed by atoms with Crippen molar-refractivity contribution in [2.45, 2.75) is 64.5 Å². The van der Waals surface area contributed by atoms with Gasteiger partial charge >= 0.3 is 0 Å². The van der Waals surface area contributed by atoms with E-state index in [1.54, 1.807) is 0 Å². The molecule has 0 unspecified atom stereocenters. The van der Waals surface area contributed by atoms with Crippen LogP contribution in [0.2, 0.25) is 0 Å². The lowest BCUT2D eigenvalue weighted by Crippen LogP contribution is -2.38. The van der Waals surface area contributed by atoms with Gasteiger partial charge in [0.25, 0.3) is 0 Å². The van der Waals surface area contributed by atoms with Gasteiger partial charge in [0.1, 0.15) is 0 Å². The van der Waals surface area contributed by atoms with Gasteiger partial charge < -0.3 is 16.0 Å². The molecular formula is C21H32ClN3O2. The van der Waals surface area contributed by atoms with Crippen LogP contribution in [0.25, 0.3) is 0 Å². The number of carbonyl (C=O) groups is 2. The van der Waals surface area contributed by atoms with Crippen LogP contribution in [-0.4, -0.2) is 29.8 Å². The summed E-state index contributed by atoms with van der Waals surface area (Å²) in [6.07, 6.45) is 7.91. The van der Waals surface area contributed by atoms with Crippen LogP contribution in [0.15, 0.2) is 24.3 Å². The fraction of sp³-hybridized carbons (Fsp3) is 0.619. The third kappa shape index (κ3) is 5.94. The minimum Gasteiger partial charge on any atom is -0.352 e. The lowest BCUT2D eigenvalue weighted by Gasteiger charge is -2.35. The van der Waals surface area contributed by atoms with Gasteiger partial charge in [-0.05, 0) is 42.3 Å². The molecule has 6 heteroatoms. The van der Waals surface area contributed by atoms with Gasteiger partial charge in [0.05, 0.1) is 0 Å². The number of rotatable bonds is 7. The predicted octanol–water partition coefficient (Wildman–Crippen LogP) is 3.15. The van der Waals surface area contributed by atoms with E-state index in [9.17, 15) is 9.59 Å². The number of amides is 2. The molecule has 1 aliphatic heterocycles. The highest BCUT2D eigenvalue weighted by Gasteiger charge is 2.32. The van der Waals surface area contributed by atoms with Crippen molar-refractivity contribution in [1.82, 2.24) is 10.2 Å². The lowest BCUT2D eigenvalue weighted by atomic mass is 9.71. The lowest BCUT2D eigenvalue weighted by molar-refractivity contribution is -0.128. The van der Waals surface area contributed by atoms with Crippen molar-refractivity contribution in [2.24, 2.45) is 11.1 Å². The van der Waals surface area contributed by atoms with Gasteiger partial charge in [0.2, 0.25) is 11.8 Å². The fourth-order valence-electron chi connectivity index (χ4n) is 4.29. The molecule has 3 rings (SSSR count). The van der Waals surface area contributed by atoms with E-state index in [0.717, 1.165) is 36.9 Å². The number of nitrogens with zero attached hydrogens (tertiary/aromatic N) is 1. The van der Waals surface area contributed by atoms with E-state index >= 15 is 0 Å². The Morgan fingerprint density at radius 2 is 1.89 bits per heavy atom. The van der Waals surface area contributed by atoms with Crippen LogP contribution >= 0.6 is 12.4 Å². The molecule has 1 saturated heterocycles. The van der Waals surface area contributed by atoms with Crippen molar-refractivity contribution in [2.75, 3.05) is 13.1 Å². The molecule has 0 aromatic heterocycles. The first-order valence-electron chi connectivity index (χ1n) is 9.93. The molecule has 0 bridgehead atoms. The summed E-state index contributed by atoms with van der Waals surface area (Å²) in [5, 5.41) is 3.06. The molecule has 0 radical (unpaired) electrons. The second-order valence-corrected chi connectivity index (χ2v) is 7.96. The molecule has 1 aliphatic carbocycles. The number of benzene rings is 1. The van der Waals surface area contributed by atoms with Gasteiger partial charge in [0, 0.05) is 32.5 Å². The third-order valence-electron chi connectivity index (χ3n) is 5.91. The zero-order valence-electron chi connectivity index (χ0n) is 16.0. The molecule has 1 heterocycles. The van der Waals surface area contributed by atoms with Crippen molar-refractivity contribution in [3.8, 4) is 0 Å². The first-order chi connectivity index (χ1) is 12.6. The van der Waals surface area contributed by atoms with Crippen molar-refractivity contribution in [3.63, 3.8) is 0 Å². The van der Waals surface area contributed by atoms with E-state index in [-0.39, 0.29) is 29.6 Å². The Hall–Kier alpha value is -1.59. The maximum atomic E-state index is 12.4. The van der Waals surface area contributed by atoms with E-state index in [1.807, 2.05) is 23.1 Å². The molecule has 3 N–H and O–H groups in total. The number of nitrogens with two attached hydrogens (primary N) is 1. The normalized spacial score (nSPS) is 18.9. The van der Waals surface area contributed by atoms with Crippen molar-refractivity contribution in [3.05, 3.63) is 35.4 Å². The molecule has 2 amide bonds. The molecule has 2 fully saturated rings. The molecule has 1 aromatic rings. The number of nitrogens with one attached hydrogen (secondary N) is 1. The molecular weight excluding hydrogens is 362 g/mol. The van der Waals surface area contributed by atoms with Gasteiger partial charge in [-0.1, -0.05) is 43.5 Å². The summed E-state index contributed by atoms with van der Waals surface area (Å²) < 4.78 is 0. The summed E-state index contributed by atoms with van der Waals surface area (Å²) in [5.74, 6) is 0.334. The highest BCUT2D eigenvalue weighted by Crippen LogP contribution is 2.38. The Balaban J connectivity index is 0.00000261. The van der Waals surface area contributed by atoms with Crippen LogP contribution in [0, 0.1) is 5.41 Å². The largest absolute Gasteiger partial charge is 0.352 e. The minimum absolute atomic E-state index is 0. The average molecular weight is 394 g/mol. The zero-order chi connectivity index (χ0) is 18.4. The second kappa shape index (κ2) is 10.1. The van der Waals surface area contributed by atoms with Gasteiger partial charge in [-0.2, -0.15) is 0 Å². The standard InChI is InChI=1S/C21H31N3O2.ClH/c22-16-21(9-2-1-3-10-21)13-19(25)23-14-17-6-4-7-18(12-17)15-24-11-5-8-20(24)26;/h4,6-7,12H,1-3,5,8-11,13-16,22H2,(H,23,25);1H. The van der Waals surface area contributed by atoms with Crippen LogP contribution in [0.1, 0.15) is 62.5 Å². The summed E-state index contributed by atoms with van der Waals surface area (Å²) >= 11 is 0. The topological polar surface area (TPSA) is 75.4 Å². The molecule has 1 saturated carbocycles. The van der Waals surface area contributed by atoms with Crippen molar-refractivity contribution >= 4 is 24.2 Å². The highest BCUT2D eigenvalue weighted by molar-refractivity contribution is 5.85. The maximum absolute atomic E-state index is 12.4. The number of halogens is 1. The van der Waals surface area contributed by atoms with Crippen molar-refractivity contribution < 1.29 is 9.59 Å². The van der Waals surface area contributed by atoms with E-state index in [1.165, 1.54) is 19.3 Å². The molecule has 1 aromatic carbocycles.